The maximum absolute atomic E-state index is 12.6. The molecule has 1 aromatic heterocycles. The lowest BCUT2D eigenvalue weighted by molar-refractivity contribution is -0.139. The second-order valence-electron chi connectivity index (χ2n) is 8.88. The molecule has 8 heteroatoms. The van der Waals surface area contributed by atoms with E-state index in [2.05, 4.69) is 22.4 Å². The molecule has 1 heterocycles. The van der Waals surface area contributed by atoms with Gasteiger partial charge < -0.3 is 24.5 Å². The van der Waals surface area contributed by atoms with Crippen LogP contribution in [0, 0.1) is 0 Å². The Morgan fingerprint density at radius 2 is 1.59 bits per heavy atom. The number of aliphatic carboxylic acids is 1. The smallest absolute Gasteiger partial charge is 0.407 e. The van der Waals surface area contributed by atoms with Gasteiger partial charge in [0.05, 0.1) is 12.9 Å². The number of imidazole rings is 1. The highest BCUT2D eigenvalue weighted by atomic mass is 16.5. The minimum absolute atomic E-state index is 0.0359. The van der Waals surface area contributed by atoms with Crippen LogP contribution in [0.2, 0.25) is 0 Å². The van der Waals surface area contributed by atoms with Crippen LogP contribution in [-0.2, 0) is 34.0 Å². The summed E-state index contributed by atoms with van der Waals surface area (Å²) >= 11 is 0. The van der Waals surface area contributed by atoms with E-state index in [1.165, 1.54) is 0 Å². The fourth-order valence-corrected chi connectivity index (χ4v) is 4.66. The number of carbonyl (C=O) groups excluding carboxylic acids is 1. The number of fused-ring (bicyclic) bond motifs is 3. The minimum Gasteiger partial charge on any atom is -0.480 e. The second kappa shape index (κ2) is 11.1. The molecule has 1 atom stereocenters. The number of benzene rings is 3. The molecule has 0 saturated carbocycles. The van der Waals surface area contributed by atoms with Gasteiger partial charge in [-0.05, 0) is 27.8 Å². The van der Waals surface area contributed by atoms with Crippen molar-refractivity contribution in [1.29, 1.82) is 0 Å². The van der Waals surface area contributed by atoms with E-state index >= 15 is 0 Å². The number of carboxylic acid groups (broad SMARTS) is 1. The average molecular weight is 498 g/mol. The highest BCUT2D eigenvalue weighted by Gasteiger charge is 2.30. The van der Waals surface area contributed by atoms with Gasteiger partial charge in [0.25, 0.3) is 0 Å². The lowest BCUT2D eigenvalue weighted by atomic mass is 9.98. The van der Waals surface area contributed by atoms with Crippen LogP contribution in [0.5, 0.6) is 0 Å². The SMILES string of the molecule is O=C(N[C@@H](Cc1cncn1COCc1ccccc1)C(=O)O)OCC1c2ccccc2-c2ccccc21. The maximum Gasteiger partial charge on any atom is 0.407 e. The molecule has 0 unspecified atom stereocenters. The zero-order chi connectivity index (χ0) is 25.6. The van der Waals surface area contributed by atoms with E-state index < -0.39 is 18.1 Å². The topological polar surface area (TPSA) is 103 Å². The monoisotopic (exact) mass is 497 g/mol. The third-order valence-corrected chi connectivity index (χ3v) is 6.49. The van der Waals surface area contributed by atoms with Crippen molar-refractivity contribution in [3.8, 4) is 11.1 Å². The van der Waals surface area contributed by atoms with E-state index in [0.29, 0.717) is 12.3 Å². The molecule has 188 valence electrons. The third kappa shape index (κ3) is 5.54. The van der Waals surface area contributed by atoms with Crippen LogP contribution in [0.15, 0.2) is 91.4 Å². The molecule has 0 bridgehead atoms. The maximum atomic E-state index is 12.6. The Hall–Kier alpha value is -4.43. The zero-order valence-electron chi connectivity index (χ0n) is 20.1. The lowest BCUT2D eigenvalue weighted by Crippen LogP contribution is -2.43. The number of rotatable bonds is 10. The number of ether oxygens (including phenoxy) is 2. The molecule has 5 rings (SSSR count). The van der Waals surface area contributed by atoms with E-state index in [-0.39, 0.29) is 25.7 Å². The quantitative estimate of drug-likeness (QED) is 0.332. The largest absolute Gasteiger partial charge is 0.480 e. The van der Waals surface area contributed by atoms with Crippen LogP contribution in [0.3, 0.4) is 0 Å². The molecule has 37 heavy (non-hydrogen) atoms. The van der Waals surface area contributed by atoms with Gasteiger partial charge in [-0.2, -0.15) is 0 Å². The molecule has 0 saturated heterocycles. The summed E-state index contributed by atoms with van der Waals surface area (Å²) in [5, 5.41) is 12.2. The number of hydrogen-bond acceptors (Lipinski definition) is 5. The molecule has 1 amide bonds. The fourth-order valence-electron chi connectivity index (χ4n) is 4.66. The molecule has 0 spiro atoms. The normalized spacial score (nSPS) is 13.0. The number of carbonyl (C=O) groups is 2. The minimum atomic E-state index is -1.18. The summed E-state index contributed by atoms with van der Waals surface area (Å²) in [6.45, 7) is 0.734. The molecule has 4 aromatic rings. The first-order valence-corrected chi connectivity index (χ1v) is 12.0. The molecule has 3 aromatic carbocycles. The van der Waals surface area contributed by atoms with Crippen molar-refractivity contribution in [3.63, 3.8) is 0 Å². The van der Waals surface area contributed by atoms with E-state index in [1.807, 2.05) is 66.7 Å². The van der Waals surface area contributed by atoms with Gasteiger partial charge in [-0.1, -0.05) is 78.9 Å². The van der Waals surface area contributed by atoms with Crippen LogP contribution in [0.4, 0.5) is 4.79 Å². The molecule has 0 fully saturated rings. The van der Waals surface area contributed by atoms with Crippen molar-refractivity contribution in [2.75, 3.05) is 6.61 Å². The van der Waals surface area contributed by atoms with Crippen molar-refractivity contribution in [2.45, 2.75) is 31.7 Å². The first kappa shape index (κ1) is 24.3. The van der Waals surface area contributed by atoms with Crippen molar-refractivity contribution < 1.29 is 24.2 Å². The predicted molar refractivity (Wildman–Crippen MR) is 137 cm³/mol. The zero-order valence-corrected chi connectivity index (χ0v) is 20.1. The number of hydrogen-bond donors (Lipinski definition) is 2. The first-order chi connectivity index (χ1) is 18.1. The molecule has 8 nitrogen and oxygen atoms in total. The van der Waals surface area contributed by atoms with Crippen LogP contribution in [-0.4, -0.2) is 39.4 Å². The van der Waals surface area contributed by atoms with Gasteiger partial charge in [0, 0.05) is 24.2 Å². The standard InChI is InChI=1S/C29H27N3O5/c33-28(34)27(14-21-15-30-18-32(21)19-36-16-20-8-2-1-3-9-20)31-29(35)37-17-26-24-12-6-4-10-22(24)23-11-5-7-13-25(23)26/h1-13,15,18,26-27H,14,16-17,19H2,(H,31,35)(H,33,34)/t27-/m0/s1. The van der Waals surface area contributed by atoms with Crippen LogP contribution in [0.25, 0.3) is 11.1 Å². The Balaban J connectivity index is 1.18. The summed E-state index contributed by atoms with van der Waals surface area (Å²) in [4.78, 5) is 28.7. The van der Waals surface area contributed by atoms with Gasteiger partial charge in [-0.3, -0.25) is 0 Å². The average Bonchev–Trinajstić information content (AvgIpc) is 3.49. The molecule has 0 aliphatic heterocycles. The van der Waals surface area contributed by atoms with Gasteiger partial charge in [-0.25, -0.2) is 14.6 Å². The summed E-state index contributed by atoms with van der Waals surface area (Å²) in [5.74, 6) is -1.27. The number of carboxylic acids is 1. The second-order valence-corrected chi connectivity index (χ2v) is 8.88. The van der Waals surface area contributed by atoms with Crippen LogP contribution < -0.4 is 5.32 Å². The highest BCUT2D eigenvalue weighted by molar-refractivity contribution is 5.81. The van der Waals surface area contributed by atoms with Crippen LogP contribution in [0.1, 0.15) is 28.3 Å². The third-order valence-electron chi connectivity index (χ3n) is 6.49. The predicted octanol–water partition coefficient (Wildman–Crippen LogP) is 4.59. The van der Waals surface area contributed by atoms with E-state index in [4.69, 9.17) is 9.47 Å². The number of aromatic nitrogens is 2. The summed E-state index contributed by atoms with van der Waals surface area (Å²) in [7, 11) is 0. The van der Waals surface area contributed by atoms with E-state index in [9.17, 15) is 14.7 Å². The van der Waals surface area contributed by atoms with E-state index in [0.717, 1.165) is 27.8 Å². The first-order valence-electron chi connectivity index (χ1n) is 12.0. The summed E-state index contributed by atoms with van der Waals surface area (Å²) in [5.41, 5.74) is 6.08. The number of nitrogens with one attached hydrogen (secondary N) is 1. The van der Waals surface area contributed by atoms with Gasteiger partial charge in [0.1, 0.15) is 19.4 Å². The Kier molecular flexibility index (Phi) is 7.28. The van der Waals surface area contributed by atoms with Crippen molar-refractivity contribution >= 4 is 12.1 Å². The Bertz CT molecular complexity index is 1340. The summed E-state index contributed by atoms with van der Waals surface area (Å²) < 4.78 is 13.0. The van der Waals surface area contributed by atoms with E-state index in [1.54, 1.807) is 17.1 Å². The molecular weight excluding hydrogens is 470 g/mol. The number of amides is 1. The highest BCUT2D eigenvalue weighted by Crippen LogP contribution is 2.44. The summed E-state index contributed by atoms with van der Waals surface area (Å²) in [6.07, 6.45) is 2.41. The molecule has 1 aliphatic carbocycles. The number of nitrogens with zero attached hydrogens (tertiary/aromatic N) is 2. The molecular formula is C29H27N3O5. The lowest BCUT2D eigenvalue weighted by Gasteiger charge is -2.18. The molecule has 1 aliphatic rings. The fraction of sp³-hybridized carbons (Fsp3) is 0.207. The molecule has 0 radical (unpaired) electrons. The van der Waals surface area contributed by atoms with Gasteiger partial charge in [0.15, 0.2) is 0 Å². The van der Waals surface area contributed by atoms with Gasteiger partial charge in [0.2, 0.25) is 0 Å². The van der Waals surface area contributed by atoms with Crippen molar-refractivity contribution in [2.24, 2.45) is 0 Å². The van der Waals surface area contributed by atoms with Gasteiger partial charge in [-0.15, -0.1) is 0 Å². The van der Waals surface area contributed by atoms with Crippen LogP contribution >= 0.6 is 0 Å². The molecule has 2 N–H and O–H groups in total. The number of alkyl carbamates (subject to hydrolysis) is 1. The Morgan fingerprint density at radius 1 is 0.946 bits per heavy atom. The van der Waals surface area contributed by atoms with Gasteiger partial charge >= 0.3 is 12.1 Å². The summed E-state index contributed by atoms with van der Waals surface area (Å²) in [6, 6.07) is 24.6. The van der Waals surface area contributed by atoms with Crippen molar-refractivity contribution in [1.82, 2.24) is 14.9 Å². The Morgan fingerprint density at radius 3 is 2.27 bits per heavy atom. The Labute approximate surface area is 214 Å². The van der Waals surface area contributed by atoms with Crippen molar-refractivity contribution in [3.05, 3.63) is 114 Å².